The minimum absolute atomic E-state index is 0. The second-order valence-corrected chi connectivity index (χ2v) is 6.39. The summed E-state index contributed by atoms with van der Waals surface area (Å²) < 4.78 is 41.0. The first-order valence-corrected chi connectivity index (χ1v) is 9.45. The van der Waals surface area contributed by atoms with Gasteiger partial charge in [-0.05, 0) is 30.2 Å². The highest BCUT2D eigenvalue weighted by atomic mass is 127. The van der Waals surface area contributed by atoms with Crippen LogP contribution in [0.3, 0.4) is 0 Å². The van der Waals surface area contributed by atoms with E-state index >= 15 is 0 Å². The number of nitrogens with zero attached hydrogens (tertiary/aromatic N) is 1. The zero-order valence-corrected chi connectivity index (χ0v) is 19.4. The Labute approximate surface area is 196 Å². The van der Waals surface area contributed by atoms with E-state index < -0.39 is 12.8 Å². The maximum absolute atomic E-state index is 12.1. The number of ether oxygens (including phenoxy) is 1. The SMILES string of the molecule is CCNC(=NCc1ccc(COCC(F)(F)F)cc1)NCC(=O)Nc1ccccc1.I. The van der Waals surface area contributed by atoms with E-state index in [4.69, 9.17) is 0 Å². The molecule has 0 aliphatic heterocycles. The van der Waals surface area contributed by atoms with Crippen LogP contribution in [0.4, 0.5) is 18.9 Å². The second kappa shape index (κ2) is 13.9. The van der Waals surface area contributed by atoms with Gasteiger partial charge in [-0.3, -0.25) is 4.79 Å². The third-order valence-corrected chi connectivity index (χ3v) is 3.80. The van der Waals surface area contributed by atoms with Crippen LogP contribution in [-0.4, -0.2) is 37.7 Å². The molecule has 2 rings (SSSR count). The Balaban J connectivity index is 0.00000480. The maximum Gasteiger partial charge on any atom is 0.411 e. The second-order valence-electron chi connectivity index (χ2n) is 6.39. The molecule has 6 nitrogen and oxygen atoms in total. The Morgan fingerprint density at radius 3 is 2.26 bits per heavy atom. The lowest BCUT2D eigenvalue weighted by molar-refractivity contribution is -0.176. The summed E-state index contributed by atoms with van der Waals surface area (Å²) in [6.07, 6.45) is -4.33. The van der Waals surface area contributed by atoms with E-state index in [-0.39, 0.29) is 43.0 Å². The Morgan fingerprint density at radius 1 is 1.00 bits per heavy atom. The molecule has 0 bridgehead atoms. The summed E-state index contributed by atoms with van der Waals surface area (Å²) in [4.78, 5) is 16.5. The zero-order chi connectivity index (χ0) is 21.8. The van der Waals surface area contributed by atoms with Gasteiger partial charge in [0.25, 0.3) is 0 Å². The number of amides is 1. The number of para-hydroxylation sites is 1. The van der Waals surface area contributed by atoms with Gasteiger partial charge >= 0.3 is 6.18 Å². The van der Waals surface area contributed by atoms with E-state index in [1.54, 1.807) is 36.4 Å². The minimum atomic E-state index is -4.33. The average Bonchev–Trinajstić information content (AvgIpc) is 2.71. The number of hydrogen-bond donors (Lipinski definition) is 3. The Kier molecular flexibility index (Phi) is 11.9. The molecule has 0 heterocycles. The van der Waals surface area contributed by atoms with Gasteiger partial charge in [0.1, 0.15) is 6.61 Å². The number of anilines is 1. The lowest BCUT2D eigenvalue weighted by Gasteiger charge is -2.12. The van der Waals surface area contributed by atoms with Gasteiger partial charge in [0.05, 0.1) is 19.7 Å². The lowest BCUT2D eigenvalue weighted by atomic mass is 10.1. The molecule has 0 aliphatic rings. The van der Waals surface area contributed by atoms with Crippen LogP contribution in [0.5, 0.6) is 0 Å². The van der Waals surface area contributed by atoms with Gasteiger partial charge in [-0.1, -0.05) is 42.5 Å². The lowest BCUT2D eigenvalue weighted by Crippen LogP contribution is -2.41. The quantitative estimate of drug-likeness (QED) is 0.250. The molecule has 3 N–H and O–H groups in total. The molecule has 1 amide bonds. The van der Waals surface area contributed by atoms with E-state index in [0.717, 1.165) is 5.56 Å². The van der Waals surface area contributed by atoms with Crippen molar-refractivity contribution < 1.29 is 22.7 Å². The van der Waals surface area contributed by atoms with Crippen molar-refractivity contribution in [3.8, 4) is 0 Å². The normalized spacial score (nSPS) is 11.4. The third-order valence-electron chi connectivity index (χ3n) is 3.80. The third kappa shape index (κ3) is 11.6. The molecule has 0 aliphatic carbocycles. The van der Waals surface area contributed by atoms with Crippen molar-refractivity contribution in [2.75, 3.05) is 25.0 Å². The molecule has 170 valence electrons. The number of rotatable bonds is 9. The van der Waals surface area contributed by atoms with Gasteiger partial charge in [-0.25, -0.2) is 4.99 Å². The van der Waals surface area contributed by atoms with Crippen LogP contribution < -0.4 is 16.0 Å². The molecule has 0 saturated heterocycles. The fourth-order valence-corrected chi connectivity index (χ4v) is 2.43. The van der Waals surface area contributed by atoms with Crippen molar-refractivity contribution in [2.45, 2.75) is 26.3 Å². The van der Waals surface area contributed by atoms with E-state index in [2.05, 4.69) is 25.7 Å². The van der Waals surface area contributed by atoms with Crippen LogP contribution in [0.1, 0.15) is 18.1 Å². The number of carbonyl (C=O) groups excluding carboxylic acids is 1. The standard InChI is InChI=1S/C21H25F3N4O2.HI/c1-2-25-20(27-13-19(29)28-18-6-4-3-5-7-18)26-12-16-8-10-17(11-9-16)14-30-15-21(22,23)24;/h3-11H,2,12-15H2,1H3,(H,28,29)(H2,25,26,27);1H. The smallest absolute Gasteiger partial charge is 0.367 e. The summed E-state index contributed by atoms with van der Waals surface area (Å²) in [5.74, 6) is 0.285. The molecule has 2 aromatic carbocycles. The average molecular weight is 550 g/mol. The number of alkyl halides is 3. The number of aliphatic imine (C=N–C) groups is 1. The molecule has 10 heteroatoms. The summed E-state index contributed by atoms with van der Waals surface area (Å²) in [6, 6.07) is 16.1. The number of carbonyl (C=O) groups is 1. The zero-order valence-electron chi connectivity index (χ0n) is 17.0. The van der Waals surface area contributed by atoms with Crippen molar-refractivity contribution in [3.63, 3.8) is 0 Å². The summed E-state index contributed by atoms with van der Waals surface area (Å²) in [6.45, 7) is 1.56. The Morgan fingerprint density at radius 2 is 1.65 bits per heavy atom. The van der Waals surface area contributed by atoms with Crippen LogP contribution in [0, 0.1) is 0 Å². The monoisotopic (exact) mass is 550 g/mol. The van der Waals surface area contributed by atoms with Crippen molar-refractivity contribution >= 4 is 41.5 Å². The number of halogens is 4. The summed E-state index contributed by atoms with van der Waals surface area (Å²) in [7, 11) is 0. The van der Waals surface area contributed by atoms with E-state index in [1.807, 2.05) is 25.1 Å². The number of guanidine groups is 1. The molecule has 0 unspecified atom stereocenters. The molecular formula is C21H26F3IN4O2. The molecule has 0 aromatic heterocycles. The van der Waals surface area contributed by atoms with E-state index in [0.29, 0.717) is 30.3 Å². The number of hydrogen-bond acceptors (Lipinski definition) is 3. The first-order chi connectivity index (χ1) is 14.4. The molecule has 0 atom stereocenters. The molecule has 31 heavy (non-hydrogen) atoms. The van der Waals surface area contributed by atoms with Gasteiger partial charge in [0.15, 0.2) is 5.96 Å². The summed E-state index contributed by atoms with van der Waals surface area (Å²) in [5, 5.41) is 8.80. The van der Waals surface area contributed by atoms with Crippen LogP contribution in [-0.2, 0) is 22.7 Å². The first kappa shape index (κ1) is 26.7. The topological polar surface area (TPSA) is 74.8 Å². The van der Waals surface area contributed by atoms with Gasteiger partial charge in [0.2, 0.25) is 5.91 Å². The summed E-state index contributed by atoms with van der Waals surface area (Å²) >= 11 is 0. The highest BCUT2D eigenvalue weighted by Gasteiger charge is 2.27. The summed E-state index contributed by atoms with van der Waals surface area (Å²) in [5.41, 5.74) is 2.24. The van der Waals surface area contributed by atoms with Crippen molar-refractivity contribution in [3.05, 3.63) is 65.7 Å². The Bertz CT molecular complexity index is 816. The minimum Gasteiger partial charge on any atom is -0.367 e. The highest BCUT2D eigenvalue weighted by molar-refractivity contribution is 14.0. The van der Waals surface area contributed by atoms with Gasteiger partial charge in [-0.2, -0.15) is 13.2 Å². The van der Waals surface area contributed by atoms with Crippen LogP contribution >= 0.6 is 24.0 Å². The van der Waals surface area contributed by atoms with E-state index in [9.17, 15) is 18.0 Å². The molecule has 2 aromatic rings. The molecule has 0 radical (unpaired) electrons. The van der Waals surface area contributed by atoms with Gasteiger partial charge < -0.3 is 20.7 Å². The van der Waals surface area contributed by atoms with Crippen LogP contribution in [0.2, 0.25) is 0 Å². The van der Waals surface area contributed by atoms with Crippen LogP contribution in [0.15, 0.2) is 59.6 Å². The first-order valence-electron chi connectivity index (χ1n) is 9.45. The maximum atomic E-state index is 12.1. The molecule has 0 fully saturated rings. The van der Waals surface area contributed by atoms with Crippen molar-refractivity contribution in [1.82, 2.24) is 10.6 Å². The number of benzene rings is 2. The van der Waals surface area contributed by atoms with Crippen molar-refractivity contribution in [2.24, 2.45) is 4.99 Å². The molecule has 0 spiro atoms. The predicted octanol–water partition coefficient (Wildman–Crippen LogP) is 4.08. The predicted molar refractivity (Wildman–Crippen MR) is 125 cm³/mol. The fraction of sp³-hybridized carbons (Fsp3) is 0.333. The van der Waals surface area contributed by atoms with Gasteiger partial charge in [-0.15, -0.1) is 24.0 Å². The molecular weight excluding hydrogens is 524 g/mol. The molecule has 0 saturated carbocycles. The largest absolute Gasteiger partial charge is 0.411 e. The Hall–Kier alpha value is -2.34. The van der Waals surface area contributed by atoms with Gasteiger partial charge in [0, 0.05) is 12.2 Å². The fourth-order valence-electron chi connectivity index (χ4n) is 2.43. The number of nitrogens with one attached hydrogen (secondary N) is 3. The van der Waals surface area contributed by atoms with E-state index in [1.165, 1.54) is 0 Å². The van der Waals surface area contributed by atoms with Crippen LogP contribution in [0.25, 0.3) is 0 Å². The highest BCUT2D eigenvalue weighted by Crippen LogP contribution is 2.16. The van der Waals surface area contributed by atoms with Crippen molar-refractivity contribution in [1.29, 1.82) is 0 Å².